The van der Waals surface area contributed by atoms with Crippen LogP contribution in [0.4, 0.5) is 4.39 Å². The number of aliphatic carboxylic acids is 1. The van der Waals surface area contributed by atoms with Crippen molar-refractivity contribution in [2.24, 2.45) is 5.73 Å². The van der Waals surface area contributed by atoms with Gasteiger partial charge in [0.25, 0.3) is 5.91 Å². The number of aryl methyl sites for hydroxylation is 2. The molecule has 0 saturated carbocycles. The van der Waals surface area contributed by atoms with Gasteiger partial charge >= 0.3 is 5.97 Å². The first kappa shape index (κ1) is 17.0. The van der Waals surface area contributed by atoms with Crippen LogP contribution in [0.3, 0.4) is 0 Å². The summed E-state index contributed by atoms with van der Waals surface area (Å²) in [5.74, 6) is -2.36. The van der Waals surface area contributed by atoms with Crippen LogP contribution in [-0.4, -0.2) is 33.9 Å². The van der Waals surface area contributed by atoms with Crippen molar-refractivity contribution >= 4 is 23.4 Å². The summed E-state index contributed by atoms with van der Waals surface area (Å²) in [6.45, 7) is 3.45. The Kier molecular flexibility index (Phi) is 5.07. The fourth-order valence-electron chi connectivity index (χ4n) is 2.15. The van der Waals surface area contributed by atoms with Gasteiger partial charge in [-0.15, -0.1) is 0 Å². The number of carboxylic acids is 1. The standard InChI is InChI=1S/C15H16FN3O3S/c1-7-13(8(2)23-19-7)9-3-10(5-11(16)4-9)14(20)18-6-12(17)15(21)22/h3-5,12H,6,17H2,1-2H3,(H,18,20)(H,21,22)/t12-/m1/s1. The predicted octanol–water partition coefficient (Wildman–Crippen LogP) is 1.71. The number of carbonyl (C=O) groups is 2. The first-order valence-electron chi connectivity index (χ1n) is 6.80. The van der Waals surface area contributed by atoms with Crippen LogP contribution in [0.1, 0.15) is 20.9 Å². The van der Waals surface area contributed by atoms with Gasteiger partial charge in [0, 0.05) is 22.5 Å². The Morgan fingerprint density at radius 3 is 2.65 bits per heavy atom. The van der Waals surface area contributed by atoms with Crippen LogP contribution >= 0.6 is 11.5 Å². The number of benzene rings is 1. The lowest BCUT2D eigenvalue weighted by atomic mass is 10.0. The molecule has 122 valence electrons. The van der Waals surface area contributed by atoms with Crippen molar-refractivity contribution in [1.82, 2.24) is 9.69 Å². The molecule has 1 aromatic carbocycles. The molecule has 1 heterocycles. The third-order valence-electron chi connectivity index (χ3n) is 3.28. The summed E-state index contributed by atoms with van der Waals surface area (Å²) in [5.41, 5.74) is 7.54. The Bertz CT molecular complexity index is 741. The zero-order valence-corrected chi connectivity index (χ0v) is 13.4. The smallest absolute Gasteiger partial charge is 0.322 e. The predicted molar refractivity (Wildman–Crippen MR) is 84.9 cm³/mol. The van der Waals surface area contributed by atoms with Crippen LogP contribution in [0.15, 0.2) is 18.2 Å². The van der Waals surface area contributed by atoms with Crippen LogP contribution in [0.2, 0.25) is 0 Å². The molecule has 6 nitrogen and oxygen atoms in total. The number of nitrogens with one attached hydrogen (secondary N) is 1. The SMILES string of the molecule is Cc1nsc(C)c1-c1cc(F)cc(C(=O)NC[C@@H](N)C(=O)O)c1. The molecule has 4 N–H and O–H groups in total. The molecule has 0 aliphatic carbocycles. The summed E-state index contributed by atoms with van der Waals surface area (Å²) in [7, 11) is 0. The molecule has 0 radical (unpaired) electrons. The number of aromatic nitrogens is 1. The van der Waals surface area contributed by atoms with Crippen molar-refractivity contribution in [2.75, 3.05) is 6.54 Å². The Morgan fingerprint density at radius 2 is 2.09 bits per heavy atom. The molecule has 0 fully saturated rings. The Morgan fingerprint density at radius 1 is 1.39 bits per heavy atom. The third kappa shape index (κ3) is 3.91. The molecule has 0 spiro atoms. The summed E-state index contributed by atoms with van der Waals surface area (Å²) in [4.78, 5) is 23.6. The molecule has 0 saturated heterocycles. The van der Waals surface area contributed by atoms with Gasteiger partial charge in [0.2, 0.25) is 0 Å². The van der Waals surface area contributed by atoms with E-state index in [4.69, 9.17) is 10.8 Å². The van der Waals surface area contributed by atoms with Gasteiger partial charge in [-0.3, -0.25) is 9.59 Å². The van der Waals surface area contributed by atoms with Crippen molar-refractivity contribution in [1.29, 1.82) is 0 Å². The van der Waals surface area contributed by atoms with Gasteiger partial charge < -0.3 is 16.2 Å². The van der Waals surface area contributed by atoms with Gasteiger partial charge in [0.05, 0.1) is 5.69 Å². The van der Waals surface area contributed by atoms with E-state index in [0.717, 1.165) is 22.2 Å². The summed E-state index contributed by atoms with van der Waals surface area (Å²) in [6.07, 6.45) is 0. The Balaban J connectivity index is 2.27. The van der Waals surface area contributed by atoms with E-state index in [-0.39, 0.29) is 12.1 Å². The molecular formula is C15H16FN3O3S. The molecule has 2 aromatic rings. The van der Waals surface area contributed by atoms with E-state index in [9.17, 15) is 14.0 Å². The number of nitrogens with zero attached hydrogens (tertiary/aromatic N) is 1. The van der Waals surface area contributed by atoms with Crippen molar-refractivity contribution in [3.63, 3.8) is 0 Å². The van der Waals surface area contributed by atoms with E-state index in [2.05, 4.69) is 9.69 Å². The van der Waals surface area contributed by atoms with E-state index in [1.165, 1.54) is 17.6 Å². The molecule has 23 heavy (non-hydrogen) atoms. The highest BCUT2D eigenvalue weighted by molar-refractivity contribution is 7.06. The van der Waals surface area contributed by atoms with Gasteiger partial charge in [-0.1, -0.05) is 0 Å². The number of hydrogen-bond acceptors (Lipinski definition) is 5. The molecule has 0 aliphatic heterocycles. The zero-order chi connectivity index (χ0) is 17.1. The number of hydrogen-bond donors (Lipinski definition) is 3. The summed E-state index contributed by atoms with van der Waals surface area (Å²) >= 11 is 1.31. The van der Waals surface area contributed by atoms with Crippen LogP contribution in [0.25, 0.3) is 11.1 Å². The fourth-order valence-corrected chi connectivity index (χ4v) is 2.87. The van der Waals surface area contributed by atoms with Gasteiger partial charge in [0.1, 0.15) is 11.9 Å². The lowest BCUT2D eigenvalue weighted by molar-refractivity contribution is -0.138. The van der Waals surface area contributed by atoms with E-state index in [0.29, 0.717) is 5.56 Å². The maximum absolute atomic E-state index is 13.9. The van der Waals surface area contributed by atoms with Crippen LogP contribution in [-0.2, 0) is 4.79 Å². The second-order valence-corrected chi connectivity index (χ2v) is 6.06. The molecule has 2 rings (SSSR count). The van der Waals surface area contributed by atoms with Crippen molar-refractivity contribution < 1.29 is 19.1 Å². The monoisotopic (exact) mass is 337 g/mol. The lowest BCUT2D eigenvalue weighted by Gasteiger charge is -2.10. The van der Waals surface area contributed by atoms with Crippen molar-refractivity contribution in [3.8, 4) is 11.1 Å². The Hall–Kier alpha value is -2.32. The summed E-state index contributed by atoms with van der Waals surface area (Å²) < 4.78 is 18.1. The lowest BCUT2D eigenvalue weighted by Crippen LogP contribution is -2.42. The van der Waals surface area contributed by atoms with Crippen molar-refractivity contribution in [2.45, 2.75) is 19.9 Å². The minimum Gasteiger partial charge on any atom is -0.480 e. The average Bonchev–Trinajstić information content (AvgIpc) is 2.82. The van der Waals surface area contributed by atoms with Crippen molar-refractivity contribution in [3.05, 3.63) is 40.2 Å². The fraction of sp³-hybridized carbons (Fsp3) is 0.267. The van der Waals surface area contributed by atoms with Crippen LogP contribution in [0, 0.1) is 19.7 Å². The normalized spacial score (nSPS) is 12.0. The second kappa shape index (κ2) is 6.84. The van der Waals surface area contributed by atoms with Gasteiger partial charge in [-0.05, 0) is 49.1 Å². The number of carbonyl (C=O) groups excluding carboxylic acids is 1. The van der Waals surface area contributed by atoms with E-state index in [1.54, 1.807) is 6.07 Å². The quantitative estimate of drug-likeness (QED) is 0.770. The third-order valence-corrected chi connectivity index (χ3v) is 4.12. The average molecular weight is 337 g/mol. The van der Waals surface area contributed by atoms with Crippen LogP contribution < -0.4 is 11.1 Å². The molecule has 0 unspecified atom stereocenters. The molecule has 1 atom stereocenters. The van der Waals surface area contributed by atoms with Gasteiger partial charge in [-0.2, -0.15) is 4.37 Å². The minimum absolute atomic E-state index is 0.0996. The topological polar surface area (TPSA) is 105 Å². The number of halogens is 1. The Labute approximate surface area is 136 Å². The highest BCUT2D eigenvalue weighted by atomic mass is 32.1. The number of rotatable bonds is 5. The maximum Gasteiger partial charge on any atom is 0.322 e. The summed E-state index contributed by atoms with van der Waals surface area (Å²) in [5, 5.41) is 11.1. The molecule has 8 heteroatoms. The molecule has 0 bridgehead atoms. The maximum atomic E-state index is 13.9. The molecule has 1 aromatic heterocycles. The van der Waals surface area contributed by atoms with E-state index < -0.39 is 23.7 Å². The highest BCUT2D eigenvalue weighted by Gasteiger charge is 2.16. The van der Waals surface area contributed by atoms with Gasteiger partial charge in [-0.25, -0.2) is 4.39 Å². The first-order chi connectivity index (χ1) is 10.8. The van der Waals surface area contributed by atoms with Gasteiger partial charge in [0.15, 0.2) is 0 Å². The summed E-state index contributed by atoms with van der Waals surface area (Å²) in [6, 6.07) is 2.77. The minimum atomic E-state index is -1.22. The zero-order valence-electron chi connectivity index (χ0n) is 12.6. The highest BCUT2D eigenvalue weighted by Crippen LogP contribution is 2.30. The van der Waals surface area contributed by atoms with E-state index >= 15 is 0 Å². The number of nitrogens with two attached hydrogens (primary N) is 1. The molecule has 1 amide bonds. The number of carboxylic acid groups (broad SMARTS) is 1. The van der Waals surface area contributed by atoms with Crippen LogP contribution in [0.5, 0.6) is 0 Å². The number of amides is 1. The largest absolute Gasteiger partial charge is 0.480 e. The molecular weight excluding hydrogens is 321 g/mol. The van der Waals surface area contributed by atoms with E-state index in [1.807, 2.05) is 13.8 Å². The second-order valence-electron chi connectivity index (χ2n) is 5.08. The molecule has 0 aliphatic rings. The first-order valence-corrected chi connectivity index (χ1v) is 7.57.